The molecular weight excluding hydrogens is 214 g/mol. The van der Waals surface area contributed by atoms with E-state index < -0.39 is 0 Å². The zero-order chi connectivity index (χ0) is 11.8. The molecule has 2 heterocycles. The molecule has 4 heteroatoms. The van der Waals surface area contributed by atoms with Gasteiger partial charge in [-0.1, -0.05) is 18.2 Å². The van der Waals surface area contributed by atoms with Crippen molar-refractivity contribution in [3.8, 4) is 0 Å². The number of aromatic nitrogens is 1. The molecule has 0 radical (unpaired) electrons. The van der Waals surface area contributed by atoms with Crippen LogP contribution in [-0.2, 0) is 11.3 Å². The van der Waals surface area contributed by atoms with Crippen LogP contribution in [0.1, 0.15) is 17.2 Å². The lowest BCUT2D eigenvalue weighted by molar-refractivity contribution is -0.122. The van der Waals surface area contributed by atoms with Gasteiger partial charge in [0.1, 0.15) is 0 Å². The summed E-state index contributed by atoms with van der Waals surface area (Å²) in [5, 5.41) is 7.18. The molecule has 1 aliphatic heterocycles. The molecule has 0 spiro atoms. The molecule has 1 unspecified atom stereocenters. The standard InChI is InChI=1S/C13H15N3O/c1-14-13(17)9-6-15-7-11-12(9)8-4-2-3-5-10(8)16-11/h2-5,9,15-16H,6-7H2,1H3,(H,14,17). The van der Waals surface area contributed by atoms with Gasteiger partial charge in [-0.3, -0.25) is 4.79 Å². The summed E-state index contributed by atoms with van der Waals surface area (Å²) in [4.78, 5) is 15.3. The van der Waals surface area contributed by atoms with E-state index in [0.717, 1.165) is 28.7 Å². The number of hydrogen-bond donors (Lipinski definition) is 3. The fourth-order valence-electron chi connectivity index (χ4n) is 2.60. The highest BCUT2D eigenvalue weighted by molar-refractivity contribution is 5.93. The number of amides is 1. The lowest BCUT2D eigenvalue weighted by Crippen LogP contribution is -2.37. The van der Waals surface area contributed by atoms with Crippen LogP contribution in [0.4, 0.5) is 0 Å². The number of hydrogen-bond acceptors (Lipinski definition) is 2. The van der Waals surface area contributed by atoms with Gasteiger partial charge >= 0.3 is 0 Å². The summed E-state index contributed by atoms with van der Waals surface area (Å²) in [7, 11) is 1.69. The molecular formula is C13H15N3O. The average molecular weight is 229 g/mol. The van der Waals surface area contributed by atoms with Crippen molar-refractivity contribution in [2.45, 2.75) is 12.5 Å². The zero-order valence-corrected chi connectivity index (χ0v) is 9.71. The Bertz CT molecular complexity index is 573. The summed E-state index contributed by atoms with van der Waals surface area (Å²) in [6.45, 7) is 1.51. The molecule has 88 valence electrons. The third-order valence-corrected chi connectivity index (χ3v) is 3.39. The highest BCUT2D eigenvalue weighted by Crippen LogP contribution is 2.31. The molecule has 1 aromatic heterocycles. The minimum atomic E-state index is -0.0973. The van der Waals surface area contributed by atoms with Gasteiger partial charge in [0.25, 0.3) is 0 Å². The second-order valence-corrected chi connectivity index (χ2v) is 4.36. The average Bonchev–Trinajstić information content (AvgIpc) is 2.76. The van der Waals surface area contributed by atoms with Crippen molar-refractivity contribution in [2.24, 2.45) is 0 Å². The fourth-order valence-corrected chi connectivity index (χ4v) is 2.60. The van der Waals surface area contributed by atoms with Crippen molar-refractivity contribution in [3.63, 3.8) is 0 Å². The highest BCUT2D eigenvalue weighted by Gasteiger charge is 2.28. The first kappa shape index (κ1) is 10.4. The number of H-pyrrole nitrogens is 1. The molecule has 17 heavy (non-hydrogen) atoms. The van der Waals surface area contributed by atoms with E-state index in [4.69, 9.17) is 0 Å². The van der Waals surface area contributed by atoms with Gasteiger partial charge in [-0.2, -0.15) is 0 Å². The monoisotopic (exact) mass is 229 g/mol. The summed E-state index contributed by atoms with van der Waals surface area (Å²) < 4.78 is 0. The summed E-state index contributed by atoms with van der Waals surface area (Å²) in [5.41, 5.74) is 3.39. The van der Waals surface area contributed by atoms with Crippen LogP contribution in [0.3, 0.4) is 0 Å². The first-order chi connectivity index (χ1) is 8.31. The van der Waals surface area contributed by atoms with E-state index in [-0.39, 0.29) is 11.8 Å². The van der Waals surface area contributed by atoms with Crippen LogP contribution in [0.15, 0.2) is 24.3 Å². The van der Waals surface area contributed by atoms with Gasteiger partial charge in [0.05, 0.1) is 5.92 Å². The first-order valence-corrected chi connectivity index (χ1v) is 5.83. The van der Waals surface area contributed by atoms with Crippen LogP contribution in [0.2, 0.25) is 0 Å². The van der Waals surface area contributed by atoms with Crippen LogP contribution in [0.5, 0.6) is 0 Å². The van der Waals surface area contributed by atoms with Gasteiger partial charge in [-0.05, 0) is 11.6 Å². The number of para-hydroxylation sites is 1. The Balaban J connectivity index is 2.20. The lowest BCUT2D eigenvalue weighted by Gasteiger charge is -2.22. The smallest absolute Gasteiger partial charge is 0.228 e. The van der Waals surface area contributed by atoms with E-state index in [1.54, 1.807) is 7.05 Å². The lowest BCUT2D eigenvalue weighted by atomic mass is 9.92. The highest BCUT2D eigenvalue weighted by atomic mass is 16.1. The number of carbonyl (C=O) groups excluding carboxylic acids is 1. The van der Waals surface area contributed by atoms with Crippen molar-refractivity contribution in [1.29, 1.82) is 0 Å². The summed E-state index contributed by atoms with van der Waals surface area (Å²) in [6, 6.07) is 8.15. The molecule has 3 N–H and O–H groups in total. The van der Waals surface area contributed by atoms with E-state index in [2.05, 4.69) is 27.8 Å². The molecule has 0 saturated heterocycles. The SMILES string of the molecule is CNC(=O)C1CNCc2[nH]c3ccccc3c21. The Morgan fingerprint density at radius 1 is 1.41 bits per heavy atom. The van der Waals surface area contributed by atoms with E-state index >= 15 is 0 Å². The molecule has 0 bridgehead atoms. The largest absolute Gasteiger partial charge is 0.359 e. The van der Waals surface area contributed by atoms with Crippen molar-refractivity contribution in [3.05, 3.63) is 35.5 Å². The van der Waals surface area contributed by atoms with E-state index in [0.29, 0.717) is 6.54 Å². The number of rotatable bonds is 1. The quantitative estimate of drug-likeness (QED) is 0.686. The Labute approximate surface area is 99.4 Å². The molecule has 1 atom stereocenters. The molecule has 0 fully saturated rings. The third-order valence-electron chi connectivity index (χ3n) is 3.39. The number of carbonyl (C=O) groups is 1. The second kappa shape index (κ2) is 3.89. The van der Waals surface area contributed by atoms with Crippen molar-refractivity contribution in [1.82, 2.24) is 15.6 Å². The summed E-state index contributed by atoms with van der Waals surface area (Å²) in [5.74, 6) is -0.0249. The Morgan fingerprint density at radius 3 is 3.06 bits per heavy atom. The molecule has 0 saturated carbocycles. The Morgan fingerprint density at radius 2 is 2.24 bits per heavy atom. The number of nitrogens with one attached hydrogen (secondary N) is 3. The van der Waals surface area contributed by atoms with Gasteiger partial charge in [0.15, 0.2) is 0 Å². The number of fused-ring (bicyclic) bond motifs is 3. The van der Waals surface area contributed by atoms with E-state index in [9.17, 15) is 4.79 Å². The van der Waals surface area contributed by atoms with Crippen molar-refractivity contribution < 1.29 is 4.79 Å². The molecule has 0 aliphatic carbocycles. The van der Waals surface area contributed by atoms with E-state index in [1.165, 1.54) is 0 Å². The maximum Gasteiger partial charge on any atom is 0.228 e. The fraction of sp³-hybridized carbons (Fsp3) is 0.308. The number of aromatic amines is 1. The van der Waals surface area contributed by atoms with Gasteiger partial charge in [0, 0.05) is 36.7 Å². The van der Waals surface area contributed by atoms with Crippen molar-refractivity contribution >= 4 is 16.8 Å². The minimum Gasteiger partial charge on any atom is -0.359 e. The maximum absolute atomic E-state index is 11.9. The van der Waals surface area contributed by atoms with Crippen LogP contribution in [-0.4, -0.2) is 24.5 Å². The van der Waals surface area contributed by atoms with Crippen molar-refractivity contribution in [2.75, 3.05) is 13.6 Å². The number of benzene rings is 1. The molecule has 1 aliphatic rings. The predicted molar refractivity (Wildman–Crippen MR) is 66.8 cm³/mol. The van der Waals surface area contributed by atoms with Crippen LogP contribution < -0.4 is 10.6 Å². The molecule has 1 amide bonds. The third kappa shape index (κ3) is 1.52. The summed E-state index contributed by atoms with van der Waals surface area (Å²) in [6.07, 6.45) is 0. The second-order valence-electron chi connectivity index (χ2n) is 4.36. The van der Waals surface area contributed by atoms with Gasteiger partial charge in [0.2, 0.25) is 5.91 Å². The number of likely N-dealkylation sites (N-methyl/N-ethyl adjacent to an activating group) is 1. The van der Waals surface area contributed by atoms with Crippen LogP contribution in [0.25, 0.3) is 10.9 Å². The first-order valence-electron chi connectivity index (χ1n) is 5.83. The molecule has 4 nitrogen and oxygen atoms in total. The molecule has 2 aromatic rings. The Hall–Kier alpha value is -1.81. The molecule has 1 aromatic carbocycles. The normalized spacial score (nSPS) is 19.0. The van der Waals surface area contributed by atoms with E-state index in [1.807, 2.05) is 12.1 Å². The summed E-state index contributed by atoms with van der Waals surface area (Å²) >= 11 is 0. The van der Waals surface area contributed by atoms with Crippen LogP contribution in [0, 0.1) is 0 Å². The zero-order valence-electron chi connectivity index (χ0n) is 9.71. The van der Waals surface area contributed by atoms with Gasteiger partial charge in [-0.25, -0.2) is 0 Å². The van der Waals surface area contributed by atoms with Crippen LogP contribution >= 0.6 is 0 Å². The van der Waals surface area contributed by atoms with Gasteiger partial charge in [-0.15, -0.1) is 0 Å². The Kier molecular flexibility index (Phi) is 2.37. The maximum atomic E-state index is 11.9. The van der Waals surface area contributed by atoms with Gasteiger partial charge < -0.3 is 15.6 Å². The predicted octanol–water partition coefficient (Wildman–Crippen LogP) is 1.10. The topological polar surface area (TPSA) is 56.9 Å². The minimum absolute atomic E-state index is 0.0724. The molecule has 3 rings (SSSR count).